The van der Waals surface area contributed by atoms with Crippen molar-refractivity contribution in [3.8, 4) is 0 Å². The minimum Gasteiger partial charge on any atom is -0.450 e. The molecule has 1 aliphatic carbocycles. The minimum absolute atomic E-state index is 0.0542. The molecule has 5 nitrogen and oxygen atoms in total. The van der Waals surface area contributed by atoms with Gasteiger partial charge < -0.3 is 10.1 Å². The number of hydrogen-bond acceptors (Lipinski definition) is 3. The summed E-state index contributed by atoms with van der Waals surface area (Å²) in [6.07, 6.45) is 4.16. The van der Waals surface area contributed by atoms with E-state index in [1.54, 1.807) is 31.2 Å². The van der Waals surface area contributed by atoms with E-state index in [2.05, 4.69) is 17.6 Å². The van der Waals surface area contributed by atoms with Crippen LogP contribution in [0.2, 0.25) is 0 Å². The van der Waals surface area contributed by atoms with Gasteiger partial charge in [-0.15, -0.1) is 0 Å². The summed E-state index contributed by atoms with van der Waals surface area (Å²) in [5, 5.41) is 5.72. The van der Waals surface area contributed by atoms with Gasteiger partial charge in [0.1, 0.15) is 0 Å². The lowest BCUT2D eigenvalue weighted by Gasteiger charge is -2.29. The number of anilines is 1. The molecule has 2 N–H and O–H groups in total. The number of ether oxygens (including phenoxy) is 1. The maximum Gasteiger partial charge on any atom is 0.411 e. The standard InChI is InChI=1S/C17H24N2O3/c1-3-22-17(21)18-14-10-8-13(9-11-14)16(20)19-15-7-5-4-6-12(15)2/h8-12,15H,3-7H2,1-2H3,(H,18,21)(H,19,20)/t12-,15+/m1/s1. The van der Waals surface area contributed by atoms with Crippen molar-refractivity contribution in [3.63, 3.8) is 0 Å². The summed E-state index contributed by atoms with van der Waals surface area (Å²) in [5.74, 6) is 0.476. The van der Waals surface area contributed by atoms with Crippen molar-refractivity contribution in [2.75, 3.05) is 11.9 Å². The van der Waals surface area contributed by atoms with E-state index in [9.17, 15) is 9.59 Å². The van der Waals surface area contributed by atoms with Gasteiger partial charge in [0, 0.05) is 17.3 Å². The van der Waals surface area contributed by atoms with Crippen molar-refractivity contribution >= 4 is 17.7 Å². The normalized spacial score (nSPS) is 21.0. The van der Waals surface area contributed by atoms with E-state index in [0.29, 0.717) is 23.8 Å². The first-order valence-corrected chi connectivity index (χ1v) is 7.95. The van der Waals surface area contributed by atoms with Gasteiger partial charge in [0.2, 0.25) is 0 Å². The third kappa shape index (κ3) is 4.48. The Balaban J connectivity index is 1.91. The van der Waals surface area contributed by atoms with Crippen molar-refractivity contribution in [1.29, 1.82) is 0 Å². The molecular formula is C17H24N2O3. The fourth-order valence-corrected chi connectivity index (χ4v) is 2.77. The van der Waals surface area contributed by atoms with E-state index in [-0.39, 0.29) is 11.9 Å². The largest absolute Gasteiger partial charge is 0.450 e. The highest BCUT2D eigenvalue weighted by Crippen LogP contribution is 2.24. The Kier molecular flexibility index (Phi) is 5.81. The summed E-state index contributed by atoms with van der Waals surface area (Å²) in [7, 11) is 0. The maximum atomic E-state index is 12.3. The van der Waals surface area contributed by atoms with Crippen LogP contribution in [0.4, 0.5) is 10.5 Å². The van der Waals surface area contributed by atoms with E-state index in [1.165, 1.54) is 19.3 Å². The predicted octanol–water partition coefficient (Wildman–Crippen LogP) is 3.56. The third-order valence-corrected chi connectivity index (χ3v) is 4.10. The van der Waals surface area contributed by atoms with E-state index in [4.69, 9.17) is 4.74 Å². The Morgan fingerprint density at radius 2 is 1.86 bits per heavy atom. The Morgan fingerprint density at radius 1 is 1.18 bits per heavy atom. The van der Waals surface area contributed by atoms with E-state index in [0.717, 1.165) is 6.42 Å². The SMILES string of the molecule is CCOC(=O)Nc1ccc(C(=O)N[C@H]2CCCC[C@H]2C)cc1. The van der Waals surface area contributed by atoms with Crippen molar-refractivity contribution in [1.82, 2.24) is 5.32 Å². The summed E-state index contributed by atoms with van der Waals surface area (Å²) in [5.41, 5.74) is 1.22. The molecule has 5 heteroatoms. The molecule has 0 bridgehead atoms. The van der Waals surface area contributed by atoms with Gasteiger partial charge in [-0.25, -0.2) is 4.79 Å². The van der Waals surface area contributed by atoms with Crippen LogP contribution >= 0.6 is 0 Å². The molecule has 0 spiro atoms. The van der Waals surface area contributed by atoms with Crippen molar-refractivity contribution < 1.29 is 14.3 Å². The second-order valence-corrected chi connectivity index (χ2v) is 5.76. The summed E-state index contributed by atoms with van der Waals surface area (Å²) in [6.45, 7) is 4.27. The molecule has 1 fully saturated rings. The molecule has 2 rings (SSSR count). The molecule has 2 amide bonds. The number of amides is 2. The van der Waals surface area contributed by atoms with Crippen LogP contribution in [0.5, 0.6) is 0 Å². The van der Waals surface area contributed by atoms with Gasteiger partial charge in [0.05, 0.1) is 6.61 Å². The molecule has 0 aliphatic heterocycles. The van der Waals surface area contributed by atoms with Gasteiger partial charge >= 0.3 is 6.09 Å². The fraction of sp³-hybridized carbons (Fsp3) is 0.529. The lowest BCUT2D eigenvalue weighted by molar-refractivity contribution is 0.0910. The van der Waals surface area contributed by atoms with Crippen molar-refractivity contribution in [3.05, 3.63) is 29.8 Å². The highest BCUT2D eigenvalue weighted by Gasteiger charge is 2.23. The molecule has 0 aromatic heterocycles. The third-order valence-electron chi connectivity index (χ3n) is 4.10. The van der Waals surface area contributed by atoms with Gasteiger partial charge in [0.15, 0.2) is 0 Å². The van der Waals surface area contributed by atoms with Gasteiger partial charge in [-0.05, 0) is 49.9 Å². The van der Waals surface area contributed by atoms with Gasteiger partial charge in [-0.2, -0.15) is 0 Å². The average Bonchev–Trinajstić information content (AvgIpc) is 2.50. The monoisotopic (exact) mass is 304 g/mol. The molecule has 22 heavy (non-hydrogen) atoms. The Bertz CT molecular complexity index is 513. The van der Waals surface area contributed by atoms with Crippen LogP contribution in [0.15, 0.2) is 24.3 Å². The number of carbonyl (C=O) groups is 2. The molecule has 0 unspecified atom stereocenters. The number of rotatable bonds is 4. The van der Waals surface area contributed by atoms with Crippen LogP contribution in [-0.2, 0) is 4.74 Å². The molecular weight excluding hydrogens is 280 g/mol. The highest BCUT2D eigenvalue weighted by molar-refractivity contribution is 5.95. The van der Waals surface area contributed by atoms with Crippen LogP contribution < -0.4 is 10.6 Å². The second kappa shape index (κ2) is 7.82. The number of carbonyl (C=O) groups excluding carboxylic acids is 2. The lowest BCUT2D eigenvalue weighted by atomic mass is 9.86. The smallest absolute Gasteiger partial charge is 0.411 e. The molecule has 1 aromatic rings. The van der Waals surface area contributed by atoms with Crippen LogP contribution in [0.3, 0.4) is 0 Å². The number of hydrogen-bond donors (Lipinski definition) is 2. The van der Waals surface area contributed by atoms with Gasteiger partial charge in [-0.3, -0.25) is 10.1 Å². The molecule has 120 valence electrons. The van der Waals surface area contributed by atoms with Crippen LogP contribution in [0.1, 0.15) is 49.9 Å². The van der Waals surface area contributed by atoms with Crippen LogP contribution in [0, 0.1) is 5.92 Å². The molecule has 1 saturated carbocycles. The minimum atomic E-state index is -0.490. The summed E-state index contributed by atoms with van der Waals surface area (Å²) >= 11 is 0. The molecule has 0 saturated heterocycles. The Labute approximate surface area is 131 Å². The molecule has 1 aliphatic rings. The average molecular weight is 304 g/mol. The molecule has 2 atom stereocenters. The molecule has 1 aromatic carbocycles. The summed E-state index contributed by atoms with van der Waals surface area (Å²) in [4.78, 5) is 23.6. The topological polar surface area (TPSA) is 67.4 Å². The Hall–Kier alpha value is -2.04. The molecule has 0 heterocycles. The van der Waals surface area contributed by atoms with Gasteiger partial charge in [0.25, 0.3) is 5.91 Å². The maximum absolute atomic E-state index is 12.3. The fourth-order valence-electron chi connectivity index (χ4n) is 2.77. The second-order valence-electron chi connectivity index (χ2n) is 5.76. The van der Waals surface area contributed by atoms with E-state index < -0.39 is 6.09 Å². The van der Waals surface area contributed by atoms with Crippen LogP contribution in [0.25, 0.3) is 0 Å². The number of benzene rings is 1. The highest BCUT2D eigenvalue weighted by atomic mass is 16.5. The van der Waals surface area contributed by atoms with E-state index >= 15 is 0 Å². The quantitative estimate of drug-likeness (QED) is 0.893. The first kappa shape index (κ1) is 16.3. The molecule has 0 radical (unpaired) electrons. The summed E-state index contributed by atoms with van der Waals surface area (Å²) < 4.78 is 4.81. The summed E-state index contributed by atoms with van der Waals surface area (Å²) in [6, 6.07) is 7.10. The first-order chi connectivity index (χ1) is 10.6. The zero-order valence-electron chi connectivity index (χ0n) is 13.2. The first-order valence-electron chi connectivity index (χ1n) is 7.95. The van der Waals surface area contributed by atoms with Crippen molar-refractivity contribution in [2.24, 2.45) is 5.92 Å². The number of nitrogens with one attached hydrogen (secondary N) is 2. The van der Waals surface area contributed by atoms with E-state index in [1.807, 2.05) is 0 Å². The lowest BCUT2D eigenvalue weighted by Crippen LogP contribution is -2.41. The predicted molar refractivity (Wildman–Crippen MR) is 86.0 cm³/mol. The zero-order chi connectivity index (χ0) is 15.9. The van der Waals surface area contributed by atoms with Crippen molar-refractivity contribution in [2.45, 2.75) is 45.6 Å². The zero-order valence-corrected chi connectivity index (χ0v) is 13.2. The van der Waals surface area contributed by atoms with Gasteiger partial charge in [-0.1, -0.05) is 19.8 Å². The van der Waals surface area contributed by atoms with Crippen LogP contribution in [-0.4, -0.2) is 24.6 Å². The Morgan fingerprint density at radius 3 is 2.50 bits per heavy atom.